The van der Waals surface area contributed by atoms with Gasteiger partial charge in [0.05, 0.1) is 43.0 Å². The van der Waals surface area contributed by atoms with Crippen molar-refractivity contribution >= 4 is 11.7 Å². The van der Waals surface area contributed by atoms with E-state index in [1.807, 2.05) is 0 Å². The van der Waals surface area contributed by atoms with E-state index in [0.717, 1.165) is 0 Å². The SMILES string of the molecule is NC(N)=NC1CC1(O)C(=O)C[C@@H]1C[C@H](N)[C@@H](O[C@H]2O[C@H](CNCCCO)[C@@H](O)C[C@H]2N)[C@H](O)[C@H]1O[C@H]1O[C@H](CO)[C@@H](O)[C@H](N)[C@H]1O. The summed E-state index contributed by atoms with van der Waals surface area (Å²) in [4.78, 5) is 17.1. The van der Waals surface area contributed by atoms with Gasteiger partial charge in [0.1, 0.15) is 36.1 Å². The Hall–Kier alpha value is -1.66. The van der Waals surface area contributed by atoms with Crippen LogP contribution in [0.3, 0.4) is 0 Å². The van der Waals surface area contributed by atoms with E-state index in [1.54, 1.807) is 0 Å². The van der Waals surface area contributed by atoms with Crippen molar-refractivity contribution in [2.45, 2.75) is 123 Å². The number of carbonyl (C=O) groups excluding carboxylic acids is 1. The summed E-state index contributed by atoms with van der Waals surface area (Å²) in [6.07, 6.45) is -12.2. The van der Waals surface area contributed by atoms with Gasteiger partial charge in [-0.2, -0.15) is 0 Å². The number of aliphatic imine (C=N–C) groups is 1. The predicted molar refractivity (Wildman–Crippen MR) is 158 cm³/mol. The summed E-state index contributed by atoms with van der Waals surface area (Å²) < 4.78 is 23.7. The lowest BCUT2D eigenvalue weighted by molar-refractivity contribution is -0.320. The van der Waals surface area contributed by atoms with E-state index < -0.39 is 109 Å². The molecule has 0 amide bonds. The Morgan fingerprint density at radius 3 is 2.24 bits per heavy atom. The first-order valence-electron chi connectivity index (χ1n) is 15.6. The number of nitrogens with two attached hydrogens (primary N) is 5. The van der Waals surface area contributed by atoms with Crippen LogP contribution < -0.4 is 34.0 Å². The van der Waals surface area contributed by atoms with E-state index in [-0.39, 0.29) is 44.8 Å². The summed E-state index contributed by atoms with van der Waals surface area (Å²) in [7, 11) is 0. The highest BCUT2D eigenvalue weighted by molar-refractivity contribution is 5.92. The van der Waals surface area contributed by atoms with Crippen LogP contribution in [0.2, 0.25) is 0 Å². The summed E-state index contributed by atoms with van der Waals surface area (Å²) in [6, 6.07) is -3.80. The molecule has 16 atom stereocenters. The van der Waals surface area contributed by atoms with Crippen LogP contribution in [-0.2, 0) is 23.7 Å². The third-order valence-corrected chi connectivity index (χ3v) is 9.24. The molecule has 18 N–H and O–H groups in total. The molecule has 0 spiro atoms. The fourth-order valence-corrected chi connectivity index (χ4v) is 6.40. The molecule has 2 aliphatic heterocycles. The Balaban J connectivity index is 1.52. The molecule has 2 aliphatic carbocycles. The second-order valence-corrected chi connectivity index (χ2v) is 12.8. The lowest BCUT2D eigenvalue weighted by Gasteiger charge is -2.48. The molecule has 4 fully saturated rings. The molecule has 46 heavy (non-hydrogen) atoms. The first-order chi connectivity index (χ1) is 21.7. The van der Waals surface area contributed by atoms with Crippen LogP contribution in [0.1, 0.15) is 32.1 Å². The zero-order valence-corrected chi connectivity index (χ0v) is 25.5. The molecule has 266 valence electrons. The monoisotopic (exact) mass is 665 g/mol. The van der Waals surface area contributed by atoms with Gasteiger partial charge in [-0.15, -0.1) is 0 Å². The van der Waals surface area contributed by atoms with E-state index in [9.17, 15) is 35.4 Å². The van der Waals surface area contributed by atoms with Crippen LogP contribution in [0, 0.1) is 5.92 Å². The molecule has 4 aliphatic rings. The zero-order chi connectivity index (χ0) is 33.9. The van der Waals surface area contributed by atoms with Gasteiger partial charge in [0.25, 0.3) is 0 Å². The quantitative estimate of drug-likeness (QED) is 0.0465. The number of aliphatic hydroxyl groups is 7. The van der Waals surface area contributed by atoms with Crippen LogP contribution in [0.5, 0.6) is 0 Å². The van der Waals surface area contributed by atoms with Crippen molar-refractivity contribution in [2.24, 2.45) is 39.6 Å². The molecule has 19 nitrogen and oxygen atoms in total. The second kappa shape index (κ2) is 15.7. The fourth-order valence-electron chi connectivity index (χ4n) is 6.40. The van der Waals surface area contributed by atoms with Crippen molar-refractivity contribution in [1.82, 2.24) is 5.32 Å². The van der Waals surface area contributed by atoms with Crippen LogP contribution in [-0.4, -0.2) is 165 Å². The van der Waals surface area contributed by atoms with Gasteiger partial charge in [-0.1, -0.05) is 0 Å². The Labute approximate surface area is 266 Å². The van der Waals surface area contributed by atoms with Crippen molar-refractivity contribution < 1.29 is 59.5 Å². The molecule has 2 heterocycles. The van der Waals surface area contributed by atoms with Gasteiger partial charge in [-0.05, 0) is 31.7 Å². The molecule has 0 bridgehead atoms. The number of nitrogens with one attached hydrogen (secondary N) is 1. The highest BCUT2D eigenvalue weighted by Crippen LogP contribution is 2.43. The Morgan fingerprint density at radius 2 is 1.59 bits per heavy atom. The smallest absolute Gasteiger partial charge is 0.186 e. The number of guanidine groups is 1. The van der Waals surface area contributed by atoms with Crippen LogP contribution >= 0.6 is 0 Å². The Kier molecular flexibility index (Phi) is 12.7. The first kappa shape index (κ1) is 37.2. The third-order valence-electron chi connectivity index (χ3n) is 9.24. The maximum atomic E-state index is 13.3. The van der Waals surface area contributed by atoms with Gasteiger partial charge in [0, 0.05) is 32.0 Å². The Morgan fingerprint density at radius 1 is 0.913 bits per heavy atom. The molecule has 0 aromatic carbocycles. The van der Waals surface area contributed by atoms with Crippen molar-refractivity contribution in [3.8, 4) is 0 Å². The minimum atomic E-state index is -1.82. The number of nitrogens with zero attached hydrogens (tertiary/aromatic N) is 1. The highest BCUT2D eigenvalue weighted by atomic mass is 16.7. The number of ether oxygens (including phenoxy) is 4. The summed E-state index contributed by atoms with van der Waals surface area (Å²) in [6.45, 7) is 0.0743. The molecular weight excluding hydrogens is 614 g/mol. The van der Waals surface area contributed by atoms with Crippen LogP contribution in [0.15, 0.2) is 4.99 Å². The molecule has 0 radical (unpaired) electrons. The van der Waals surface area contributed by atoms with Gasteiger partial charge in [-0.25, -0.2) is 4.99 Å². The van der Waals surface area contributed by atoms with Crippen molar-refractivity contribution in [1.29, 1.82) is 0 Å². The van der Waals surface area contributed by atoms with Crippen molar-refractivity contribution in [3.05, 3.63) is 0 Å². The number of ketones is 1. The van der Waals surface area contributed by atoms with Gasteiger partial charge >= 0.3 is 0 Å². The van der Waals surface area contributed by atoms with E-state index in [0.29, 0.717) is 13.0 Å². The summed E-state index contributed by atoms with van der Waals surface area (Å²) in [5.41, 5.74) is 27.7. The van der Waals surface area contributed by atoms with Gasteiger partial charge in [0.15, 0.2) is 24.3 Å². The summed E-state index contributed by atoms with van der Waals surface area (Å²) in [5, 5.41) is 75.8. The van der Waals surface area contributed by atoms with E-state index in [4.69, 9.17) is 52.7 Å². The van der Waals surface area contributed by atoms with Gasteiger partial charge in [-0.3, -0.25) is 4.79 Å². The second-order valence-electron chi connectivity index (χ2n) is 12.8. The molecule has 0 aromatic heterocycles. The van der Waals surface area contributed by atoms with E-state index in [1.165, 1.54) is 0 Å². The fraction of sp³-hybridized carbons (Fsp3) is 0.926. The molecule has 2 saturated carbocycles. The number of aliphatic hydroxyl groups excluding tert-OH is 6. The number of hydrogen-bond donors (Lipinski definition) is 13. The Bertz CT molecular complexity index is 1040. The normalized spacial score (nSPS) is 46.1. The minimum absolute atomic E-state index is 0.00277. The predicted octanol–water partition coefficient (Wildman–Crippen LogP) is -7.26. The molecule has 0 aromatic rings. The maximum Gasteiger partial charge on any atom is 0.186 e. The van der Waals surface area contributed by atoms with E-state index in [2.05, 4.69) is 10.3 Å². The van der Waals surface area contributed by atoms with Gasteiger partial charge in [0.2, 0.25) is 0 Å². The third kappa shape index (κ3) is 8.31. The first-order valence-corrected chi connectivity index (χ1v) is 15.6. The number of rotatable bonds is 14. The summed E-state index contributed by atoms with van der Waals surface area (Å²) >= 11 is 0. The minimum Gasteiger partial charge on any atom is -0.396 e. The van der Waals surface area contributed by atoms with E-state index >= 15 is 0 Å². The maximum absolute atomic E-state index is 13.3. The lowest BCUT2D eigenvalue weighted by Crippen LogP contribution is -2.66. The summed E-state index contributed by atoms with van der Waals surface area (Å²) in [5.74, 6) is -1.75. The standard InChI is InChI=1S/C27H51N7O12/c28-11-4-10(5-17(38)27(42)7-16(27)34-26(31)32)22(45-25-20(40)18(30)19(39)15(9-36)44-25)21(41)23(11)46-24-12(29)6-13(37)14(43-24)8-33-2-1-3-35/h10-16,18-25,33,35-37,39-42H,1-9,28-30H2,(H4,31,32,34)/t10-,11-,12+,13-,14+,15+,16?,18-,19+,20+,21+,22-,23+,24+,25+,27?/m0/s1. The number of carbonyl (C=O) groups is 1. The van der Waals surface area contributed by atoms with Crippen molar-refractivity contribution in [2.75, 3.05) is 26.3 Å². The molecule has 2 saturated heterocycles. The lowest BCUT2D eigenvalue weighted by atomic mass is 9.76. The molecule has 2 unspecified atom stereocenters. The van der Waals surface area contributed by atoms with Crippen molar-refractivity contribution in [3.63, 3.8) is 0 Å². The zero-order valence-electron chi connectivity index (χ0n) is 25.5. The molecule has 4 rings (SSSR count). The number of Topliss-reactive ketones (excluding diaryl/α,β-unsaturated/α-hetero) is 1. The molecular formula is C27H51N7O12. The van der Waals surface area contributed by atoms with Crippen LogP contribution in [0.4, 0.5) is 0 Å². The molecule has 19 heteroatoms. The van der Waals surface area contributed by atoms with Crippen LogP contribution in [0.25, 0.3) is 0 Å². The average Bonchev–Trinajstić information content (AvgIpc) is 3.66. The van der Waals surface area contributed by atoms with Gasteiger partial charge < -0.3 is 88.7 Å². The topological polar surface area (TPSA) is 350 Å². The average molecular weight is 666 g/mol. The largest absolute Gasteiger partial charge is 0.396 e. The highest BCUT2D eigenvalue weighted by Gasteiger charge is 2.60. The number of hydrogen-bond acceptors (Lipinski definition) is 17.